The van der Waals surface area contributed by atoms with E-state index >= 15 is 0 Å². The van der Waals surface area contributed by atoms with Crippen LogP contribution < -0.4 is 5.32 Å². The average Bonchev–Trinajstić information content (AvgIpc) is 2.65. The van der Waals surface area contributed by atoms with E-state index in [9.17, 15) is 0 Å². The molecule has 1 aliphatic heterocycles. The lowest BCUT2D eigenvalue weighted by molar-refractivity contribution is 0.313. The summed E-state index contributed by atoms with van der Waals surface area (Å²) < 4.78 is 1.95. The van der Waals surface area contributed by atoms with Gasteiger partial charge in [-0.3, -0.25) is 0 Å². The van der Waals surface area contributed by atoms with E-state index in [4.69, 9.17) is 0 Å². The topological polar surface area (TPSA) is 42.7 Å². The normalized spacial score (nSPS) is 16.9. The summed E-state index contributed by atoms with van der Waals surface area (Å²) in [5.41, 5.74) is 0.979. The van der Waals surface area contributed by atoms with Crippen LogP contribution in [0.4, 0.5) is 0 Å². The molecule has 0 unspecified atom stereocenters. The van der Waals surface area contributed by atoms with Gasteiger partial charge in [0.1, 0.15) is 5.69 Å². The second kappa shape index (κ2) is 3.18. The number of thiophene rings is 1. The molecule has 72 valence electrons. The number of nitrogens with zero attached hydrogens (tertiary/aromatic N) is 3. The molecule has 1 fully saturated rings. The molecule has 3 rings (SSSR count). The molecular weight excluding hydrogens is 196 g/mol. The van der Waals surface area contributed by atoms with E-state index in [1.54, 1.807) is 11.3 Å². The van der Waals surface area contributed by atoms with Gasteiger partial charge in [0, 0.05) is 13.1 Å². The SMILES string of the molecule is c1csc(-c2cn(C3CNC3)nn2)c1. The monoisotopic (exact) mass is 206 g/mol. The van der Waals surface area contributed by atoms with Crippen LogP contribution in [0.3, 0.4) is 0 Å². The molecule has 0 aliphatic carbocycles. The summed E-state index contributed by atoms with van der Waals surface area (Å²) in [7, 11) is 0. The molecule has 0 aromatic carbocycles. The minimum atomic E-state index is 0.496. The fourth-order valence-corrected chi connectivity index (χ4v) is 2.13. The number of hydrogen-bond acceptors (Lipinski definition) is 4. The standard InChI is InChI=1S/C9H10N4S/c1-2-9(14-3-1)8-6-13(12-11-8)7-4-10-5-7/h1-3,6-7,10H,4-5H2. The van der Waals surface area contributed by atoms with Crippen LogP contribution in [0.1, 0.15) is 6.04 Å². The maximum absolute atomic E-state index is 4.16. The highest BCUT2D eigenvalue weighted by molar-refractivity contribution is 7.13. The van der Waals surface area contributed by atoms with E-state index in [2.05, 4.69) is 27.1 Å². The first-order valence-corrected chi connectivity index (χ1v) is 5.48. The van der Waals surface area contributed by atoms with Crippen molar-refractivity contribution in [1.82, 2.24) is 20.3 Å². The van der Waals surface area contributed by atoms with Crippen molar-refractivity contribution in [3.05, 3.63) is 23.7 Å². The van der Waals surface area contributed by atoms with E-state index in [1.165, 1.54) is 4.88 Å². The Balaban J connectivity index is 1.90. The van der Waals surface area contributed by atoms with E-state index in [1.807, 2.05) is 16.9 Å². The van der Waals surface area contributed by atoms with Crippen LogP contribution in [0.15, 0.2) is 23.7 Å². The van der Waals surface area contributed by atoms with Gasteiger partial charge in [-0.1, -0.05) is 11.3 Å². The maximum Gasteiger partial charge on any atom is 0.122 e. The molecule has 2 aromatic rings. The van der Waals surface area contributed by atoms with Gasteiger partial charge in [0.05, 0.1) is 17.1 Å². The summed E-state index contributed by atoms with van der Waals surface area (Å²) in [6, 6.07) is 4.60. The van der Waals surface area contributed by atoms with Gasteiger partial charge in [0.15, 0.2) is 0 Å². The molecule has 1 aliphatic rings. The highest BCUT2D eigenvalue weighted by atomic mass is 32.1. The Morgan fingerprint density at radius 3 is 3.07 bits per heavy atom. The molecule has 0 amide bonds. The lowest BCUT2D eigenvalue weighted by Gasteiger charge is -2.26. The largest absolute Gasteiger partial charge is 0.312 e. The molecule has 0 atom stereocenters. The summed E-state index contributed by atoms with van der Waals surface area (Å²) in [6.45, 7) is 2.01. The summed E-state index contributed by atoms with van der Waals surface area (Å²) in [6.07, 6.45) is 2.03. The average molecular weight is 206 g/mol. The number of nitrogens with one attached hydrogen (secondary N) is 1. The van der Waals surface area contributed by atoms with E-state index in [0.29, 0.717) is 6.04 Å². The van der Waals surface area contributed by atoms with Gasteiger partial charge in [-0.2, -0.15) is 0 Å². The molecule has 2 aromatic heterocycles. The zero-order chi connectivity index (χ0) is 9.38. The Morgan fingerprint density at radius 1 is 1.50 bits per heavy atom. The zero-order valence-electron chi connectivity index (χ0n) is 7.55. The Labute approximate surface area is 85.6 Å². The number of hydrogen-bond donors (Lipinski definition) is 1. The zero-order valence-corrected chi connectivity index (χ0v) is 8.37. The molecule has 0 bridgehead atoms. The quantitative estimate of drug-likeness (QED) is 0.801. The van der Waals surface area contributed by atoms with Crippen molar-refractivity contribution in [2.24, 2.45) is 0 Å². The molecule has 0 saturated carbocycles. The van der Waals surface area contributed by atoms with Crippen molar-refractivity contribution < 1.29 is 0 Å². The lowest BCUT2D eigenvalue weighted by atomic mass is 10.2. The summed E-state index contributed by atoms with van der Waals surface area (Å²) in [4.78, 5) is 1.18. The Morgan fingerprint density at radius 2 is 2.43 bits per heavy atom. The summed E-state index contributed by atoms with van der Waals surface area (Å²) >= 11 is 1.70. The van der Waals surface area contributed by atoms with Crippen LogP contribution in [0.2, 0.25) is 0 Å². The van der Waals surface area contributed by atoms with Crippen LogP contribution in [0.25, 0.3) is 10.6 Å². The van der Waals surface area contributed by atoms with E-state index in [-0.39, 0.29) is 0 Å². The van der Waals surface area contributed by atoms with Gasteiger partial charge in [-0.25, -0.2) is 4.68 Å². The molecule has 5 heteroatoms. The molecule has 3 heterocycles. The fourth-order valence-electron chi connectivity index (χ4n) is 1.45. The molecule has 14 heavy (non-hydrogen) atoms. The molecule has 4 nitrogen and oxygen atoms in total. The molecule has 1 saturated heterocycles. The van der Waals surface area contributed by atoms with Crippen LogP contribution in [0, 0.1) is 0 Å². The molecule has 0 spiro atoms. The summed E-state index contributed by atoms with van der Waals surface area (Å²) in [5, 5.41) is 13.6. The van der Waals surface area contributed by atoms with Gasteiger partial charge in [-0.05, 0) is 11.4 Å². The Kier molecular flexibility index (Phi) is 1.85. The second-order valence-corrected chi connectivity index (χ2v) is 4.32. The number of aromatic nitrogens is 3. The van der Waals surface area contributed by atoms with Crippen LogP contribution in [0.5, 0.6) is 0 Å². The Bertz CT molecular complexity index is 416. The highest BCUT2D eigenvalue weighted by Crippen LogP contribution is 2.23. The first-order valence-electron chi connectivity index (χ1n) is 4.60. The summed E-state index contributed by atoms with van der Waals surface area (Å²) in [5.74, 6) is 0. The minimum Gasteiger partial charge on any atom is -0.312 e. The highest BCUT2D eigenvalue weighted by Gasteiger charge is 2.20. The first-order chi connectivity index (χ1) is 6.93. The molecular formula is C9H10N4S. The Hall–Kier alpha value is -1.20. The minimum absolute atomic E-state index is 0.496. The van der Waals surface area contributed by atoms with Crippen LogP contribution >= 0.6 is 11.3 Å². The van der Waals surface area contributed by atoms with Gasteiger partial charge in [0.25, 0.3) is 0 Å². The smallest absolute Gasteiger partial charge is 0.122 e. The third-order valence-electron chi connectivity index (χ3n) is 2.42. The predicted molar refractivity (Wildman–Crippen MR) is 55.2 cm³/mol. The van der Waals surface area contributed by atoms with Crippen molar-refractivity contribution in [3.63, 3.8) is 0 Å². The van der Waals surface area contributed by atoms with Crippen molar-refractivity contribution in [2.45, 2.75) is 6.04 Å². The van der Waals surface area contributed by atoms with Crippen LogP contribution in [-0.4, -0.2) is 28.1 Å². The van der Waals surface area contributed by atoms with Crippen LogP contribution in [-0.2, 0) is 0 Å². The second-order valence-electron chi connectivity index (χ2n) is 3.37. The van der Waals surface area contributed by atoms with E-state index < -0.39 is 0 Å². The predicted octanol–water partition coefficient (Wildman–Crippen LogP) is 1.15. The van der Waals surface area contributed by atoms with Gasteiger partial charge in [0.2, 0.25) is 0 Å². The van der Waals surface area contributed by atoms with Gasteiger partial charge >= 0.3 is 0 Å². The maximum atomic E-state index is 4.16. The first kappa shape index (κ1) is 8.14. The van der Waals surface area contributed by atoms with Crippen molar-refractivity contribution in [3.8, 4) is 10.6 Å². The lowest BCUT2D eigenvalue weighted by Crippen LogP contribution is -2.43. The van der Waals surface area contributed by atoms with Gasteiger partial charge in [-0.15, -0.1) is 16.4 Å². The molecule has 0 radical (unpaired) electrons. The van der Waals surface area contributed by atoms with Crippen molar-refractivity contribution in [1.29, 1.82) is 0 Å². The van der Waals surface area contributed by atoms with E-state index in [0.717, 1.165) is 18.8 Å². The fraction of sp³-hybridized carbons (Fsp3) is 0.333. The van der Waals surface area contributed by atoms with Crippen molar-refractivity contribution >= 4 is 11.3 Å². The van der Waals surface area contributed by atoms with Crippen molar-refractivity contribution in [2.75, 3.05) is 13.1 Å². The third kappa shape index (κ3) is 1.25. The third-order valence-corrected chi connectivity index (χ3v) is 3.31. The molecule has 1 N–H and O–H groups in total. The van der Waals surface area contributed by atoms with Gasteiger partial charge < -0.3 is 5.32 Å². The number of rotatable bonds is 2.